The fourth-order valence-corrected chi connectivity index (χ4v) is 4.17. The molecule has 3 nitrogen and oxygen atoms in total. The lowest BCUT2D eigenvalue weighted by Crippen LogP contribution is -2.36. The molecule has 0 amide bonds. The summed E-state index contributed by atoms with van der Waals surface area (Å²) in [5.74, 6) is 0.488. The number of hydrogen-bond acceptors (Lipinski definition) is 3. The van der Waals surface area contributed by atoms with E-state index in [9.17, 15) is 10.2 Å². The SMILES string of the molecule is CCCN1Cc2cccc3c2[C@@H](Cc2ccc(O)c(O)c2-3)C1. The highest BCUT2D eigenvalue weighted by atomic mass is 16.3. The Hall–Kier alpha value is -2.00. The number of aromatic hydroxyl groups is 2. The average molecular weight is 295 g/mol. The Labute approximate surface area is 130 Å². The first-order valence-electron chi connectivity index (χ1n) is 8.07. The minimum absolute atomic E-state index is 0.0281. The van der Waals surface area contributed by atoms with E-state index < -0.39 is 0 Å². The molecule has 4 rings (SSSR count). The van der Waals surface area contributed by atoms with Crippen molar-refractivity contribution in [1.29, 1.82) is 0 Å². The van der Waals surface area contributed by atoms with Gasteiger partial charge in [-0.1, -0.05) is 31.2 Å². The molecule has 0 unspecified atom stereocenters. The van der Waals surface area contributed by atoms with Crippen molar-refractivity contribution in [2.75, 3.05) is 13.1 Å². The first-order chi connectivity index (χ1) is 10.7. The number of phenolic OH excluding ortho intramolecular Hbond substituents is 2. The van der Waals surface area contributed by atoms with Crippen molar-refractivity contribution in [3.63, 3.8) is 0 Å². The van der Waals surface area contributed by atoms with Crippen LogP contribution in [0.15, 0.2) is 30.3 Å². The van der Waals surface area contributed by atoms with Crippen molar-refractivity contribution in [2.24, 2.45) is 0 Å². The molecule has 2 aliphatic rings. The second kappa shape index (κ2) is 5.03. The Kier molecular flexibility index (Phi) is 3.12. The quantitative estimate of drug-likeness (QED) is 0.832. The zero-order valence-corrected chi connectivity index (χ0v) is 12.8. The molecule has 0 saturated heterocycles. The summed E-state index contributed by atoms with van der Waals surface area (Å²) in [4.78, 5) is 2.53. The molecule has 0 radical (unpaired) electrons. The summed E-state index contributed by atoms with van der Waals surface area (Å²) in [7, 11) is 0. The van der Waals surface area contributed by atoms with Crippen LogP contribution in [0.2, 0.25) is 0 Å². The van der Waals surface area contributed by atoms with Crippen LogP contribution in [0, 0.1) is 0 Å². The average Bonchev–Trinajstić information content (AvgIpc) is 2.51. The van der Waals surface area contributed by atoms with Gasteiger partial charge in [0, 0.05) is 24.6 Å². The molecule has 1 heterocycles. The van der Waals surface area contributed by atoms with Gasteiger partial charge in [-0.25, -0.2) is 0 Å². The highest BCUT2D eigenvalue weighted by Crippen LogP contribution is 2.49. The van der Waals surface area contributed by atoms with Crippen molar-refractivity contribution in [3.05, 3.63) is 47.0 Å². The zero-order valence-electron chi connectivity index (χ0n) is 12.8. The number of nitrogens with zero attached hydrogens (tertiary/aromatic N) is 1. The Morgan fingerprint density at radius 2 is 2.00 bits per heavy atom. The summed E-state index contributed by atoms with van der Waals surface area (Å²) in [6.45, 7) is 5.43. The Balaban J connectivity index is 1.89. The van der Waals surface area contributed by atoms with Gasteiger partial charge in [0.05, 0.1) is 0 Å². The van der Waals surface area contributed by atoms with E-state index in [-0.39, 0.29) is 11.5 Å². The van der Waals surface area contributed by atoms with Gasteiger partial charge >= 0.3 is 0 Å². The maximum Gasteiger partial charge on any atom is 0.165 e. The summed E-state index contributed by atoms with van der Waals surface area (Å²) < 4.78 is 0. The number of rotatable bonds is 2. The Morgan fingerprint density at radius 1 is 1.14 bits per heavy atom. The summed E-state index contributed by atoms with van der Waals surface area (Å²) >= 11 is 0. The van der Waals surface area contributed by atoms with Gasteiger partial charge in [0.1, 0.15) is 0 Å². The molecule has 2 N–H and O–H groups in total. The molecular formula is C19H21NO2. The lowest BCUT2D eigenvalue weighted by Gasteiger charge is -2.39. The highest BCUT2D eigenvalue weighted by molar-refractivity contribution is 5.82. The molecule has 3 heteroatoms. The van der Waals surface area contributed by atoms with E-state index in [4.69, 9.17) is 0 Å². The summed E-state index contributed by atoms with van der Waals surface area (Å²) in [5.41, 5.74) is 5.83. The van der Waals surface area contributed by atoms with Gasteiger partial charge in [0.25, 0.3) is 0 Å². The van der Waals surface area contributed by atoms with Crippen molar-refractivity contribution < 1.29 is 10.2 Å². The van der Waals surface area contributed by atoms with Gasteiger partial charge in [-0.15, -0.1) is 0 Å². The maximum absolute atomic E-state index is 10.3. The van der Waals surface area contributed by atoms with E-state index in [1.807, 2.05) is 6.07 Å². The predicted octanol–water partition coefficient (Wildman–Crippen LogP) is 3.63. The molecule has 1 atom stereocenters. The third kappa shape index (κ3) is 1.92. The van der Waals surface area contributed by atoms with Crippen molar-refractivity contribution in [3.8, 4) is 22.6 Å². The van der Waals surface area contributed by atoms with Gasteiger partial charge in [0.15, 0.2) is 11.5 Å². The van der Waals surface area contributed by atoms with Gasteiger partial charge in [-0.2, -0.15) is 0 Å². The highest BCUT2D eigenvalue weighted by Gasteiger charge is 2.33. The topological polar surface area (TPSA) is 43.7 Å². The molecule has 1 aliphatic carbocycles. The second-order valence-corrected chi connectivity index (χ2v) is 6.48. The van der Waals surface area contributed by atoms with Crippen LogP contribution in [0.1, 0.15) is 36.0 Å². The number of phenols is 2. The zero-order chi connectivity index (χ0) is 15.3. The lowest BCUT2D eigenvalue weighted by atomic mass is 9.74. The molecule has 22 heavy (non-hydrogen) atoms. The van der Waals surface area contributed by atoms with Crippen LogP contribution in [0.25, 0.3) is 11.1 Å². The van der Waals surface area contributed by atoms with Crippen molar-refractivity contribution in [1.82, 2.24) is 4.90 Å². The van der Waals surface area contributed by atoms with Crippen LogP contribution in [0.4, 0.5) is 0 Å². The Bertz CT molecular complexity index is 738. The molecular weight excluding hydrogens is 274 g/mol. The lowest BCUT2D eigenvalue weighted by molar-refractivity contribution is 0.229. The molecule has 0 saturated carbocycles. The molecule has 0 spiro atoms. The van der Waals surface area contributed by atoms with Gasteiger partial charge in [-0.05, 0) is 47.7 Å². The Morgan fingerprint density at radius 3 is 2.82 bits per heavy atom. The largest absolute Gasteiger partial charge is 0.504 e. The normalized spacial score (nSPS) is 19.6. The van der Waals surface area contributed by atoms with E-state index >= 15 is 0 Å². The second-order valence-electron chi connectivity index (χ2n) is 6.48. The maximum atomic E-state index is 10.3. The molecule has 0 aromatic heterocycles. The number of fused-ring (bicyclic) bond motifs is 2. The van der Waals surface area contributed by atoms with Crippen LogP contribution in [-0.4, -0.2) is 28.2 Å². The smallest absolute Gasteiger partial charge is 0.165 e. The molecule has 0 bridgehead atoms. The molecule has 0 fully saturated rings. The first-order valence-corrected chi connectivity index (χ1v) is 8.07. The first kappa shape index (κ1) is 13.6. The number of benzene rings is 2. The predicted molar refractivity (Wildman–Crippen MR) is 87.2 cm³/mol. The third-order valence-corrected chi connectivity index (χ3v) is 5.00. The fraction of sp³-hybridized carbons (Fsp3) is 0.368. The standard InChI is InChI=1S/C19H21NO2/c1-2-8-20-10-13-4-3-5-15-17(13)14(11-20)9-12-6-7-16(21)19(22)18(12)15/h3-7,14,21-22H,2,8-11H2,1H3/t14-/m0/s1. The van der Waals surface area contributed by atoms with Crippen LogP contribution in [0.5, 0.6) is 11.5 Å². The van der Waals surface area contributed by atoms with Crippen LogP contribution in [0.3, 0.4) is 0 Å². The van der Waals surface area contributed by atoms with E-state index in [2.05, 4.69) is 30.0 Å². The fourth-order valence-electron chi connectivity index (χ4n) is 4.17. The van der Waals surface area contributed by atoms with Gasteiger partial charge < -0.3 is 10.2 Å². The molecule has 114 valence electrons. The number of hydrogen-bond donors (Lipinski definition) is 2. The van der Waals surface area contributed by atoms with E-state index in [1.54, 1.807) is 6.07 Å². The van der Waals surface area contributed by atoms with E-state index in [0.717, 1.165) is 42.7 Å². The van der Waals surface area contributed by atoms with Crippen LogP contribution >= 0.6 is 0 Å². The van der Waals surface area contributed by atoms with Crippen LogP contribution < -0.4 is 0 Å². The minimum Gasteiger partial charge on any atom is -0.504 e. The third-order valence-electron chi connectivity index (χ3n) is 5.00. The van der Waals surface area contributed by atoms with Gasteiger partial charge in [-0.3, -0.25) is 4.90 Å². The minimum atomic E-state index is -0.0294. The summed E-state index contributed by atoms with van der Waals surface area (Å²) in [6.07, 6.45) is 2.11. The molecule has 1 aliphatic heterocycles. The summed E-state index contributed by atoms with van der Waals surface area (Å²) in [5, 5.41) is 20.2. The monoisotopic (exact) mass is 295 g/mol. The summed E-state index contributed by atoms with van der Waals surface area (Å²) in [6, 6.07) is 9.92. The van der Waals surface area contributed by atoms with E-state index in [1.165, 1.54) is 17.5 Å². The van der Waals surface area contributed by atoms with Crippen molar-refractivity contribution in [2.45, 2.75) is 32.2 Å². The molecule has 2 aromatic carbocycles. The van der Waals surface area contributed by atoms with E-state index in [0.29, 0.717) is 5.92 Å². The van der Waals surface area contributed by atoms with Gasteiger partial charge in [0.2, 0.25) is 0 Å². The molecule has 2 aromatic rings. The van der Waals surface area contributed by atoms with Crippen LogP contribution in [-0.2, 0) is 13.0 Å². The van der Waals surface area contributed by atoms with Crippen molar-refractivity contribution >= 4 is 0 Å².